The molecule has 0 aromatic heterocycles. The molecule has 112 valence electrons. The van der Waals surface area contributed by atoms with E-state index in [0.717, 1.165) is 11.1 Å². The topological polar surface area (TPSA) is 57.5 Å². The van der Waals surface area contributed by atoms with Crippen molar-refractivity contribution in [3.05, 3.63) is 28.8 Å². The summed E-state index contributed by atoms with van der Waals surface area (Å²) in [5.74, 6) is -0.644. The first-order valence-electron chi connectivity index (χ1n) is 7.02. The van der Waals surface area contributed by atoms with E-state index in [1.54, 1.807) is 6.07 Å². The van der Waals surface area contributed by atoms with Gasteiger partial charge in [-0.25, -0.2) is 0 Å². The van der Waals surface area contributed by atoms with Gasteiger partial charge in [-0.2, -0.15) is 0 Å². The molecule has 0 unspecified atom stereocenters. The van der Waals surface area contributed by atoms with Gasteiger partial charge in [0, 0.05) is 6.42 Å². The first-order valence-corrected chi connectivity index (χ1v) is 7.02. The van der Waals surface area contributed by atoms with E-state index in [2.05, 4.69) is 41.5 Å². The van der Waals surface area contributed by atoms with Gasteiger partial charge in [0.2, 0.25) is 0 Å². The van der Waals surface area contributed by atoms with Crippen molar-refractivity contribution < 1.29 is 15.0 Å². The molecule has 0 aliphatic rings. The smallest absolute Gasteiger partial charge is 0.303 e. The molecule has 3 nitrogen and oxygen atoms in total. The fourth-order valence-corrected chi connectivity index (χ4v) is 2.60. The quantitative estimate of drug-likeness (QED) is 0.878. The number of hydrogen-bond acceptors (Lipinski definition) is 2. The molecule has 0 heterocycles. The normalized spacial score (nSPS) is 12.5. The van der Waals surface area contributed by atoms with Gasteiger partial charge in [-0.05, 0) is 40.0 Å². The zero-order valence-electron chi connectivity index (χ0n) is 13.4. The Morgan fingerprint density at radius 2 is 1.60 bits per heavy atom. The third-order valence-electron chi connectivity index (χ3n) is 3.44. The molecule has 1 aromatic carbocycles. The lowest BCUT2D eigenvalue weighted by Crippen LogP contribution is -2.24. The van der Waals surface area contributed by atoms with Crippen LogP contribution < -0.4 is 0 Å². The fraction of sp³-hybridized carbons (Fsp3) is 0.588. The third-order valence-corrected chi connectivity index (χ3v) is 3.44. The van der Waals surface area contributed by atoms with Crippen molar-refractivity contribution in [2.45, 2.75) is 65.2 Å². The Labute approximate surface area is 121 Å². The van der Waals surface area contributed by atoms with Crippen molar-refractivity contribution >= 4 is 5.97 Å². The molecule has 0 atom stereocenters. The lowest BCUT2D eigenvalue weighted by Gasteiger charge is -2.32. The van der Waals surface area contributed by atoms with Gasteiger partial charge in [-0.15, -0.1) is 0 Å². The lowest BCUT2D eigenvalue weighted by atomic mass is 9.72. The number of phenolic OH excluding ortho intramolecular Hbond substituents is 1. The number of carboxylic acids is 1. The van der Waals surface area contributed by atoms with Crippen LogP contribution >= 0.6 is 0 Å². The maximum Gasteiger partial charge on any atom is 0.303 e. The van der Waals surface area contributed by atoms with E-state index in [1.165, 1.54) is 5.56 Å². The second-order valence-corrected chi connectivity index (χ2v) is 7.38. The van der Waals surface area contributed by atoms with Crippen LogP contribution in [-0.2, 0) is 22.0 Å². The van der Waals surface area contributed by atoms with E-state index in [9.17, 15) is 9.90 Å². The molecule has 0 radical (unpaired) electrons. The van der Waals surface area contributed by atoms with Gasteiger partial charge in [0.15, 0.2) is 0 Å². The molecule has 0 amide bonds. The van der Waals surface area contributed by atoms with Crippen LogP contribution in [0.4, 0.5) is 0 Å². The number of carboxylic acid groups (broad SMARTS) is 1. The maximum absolute atomic E-state index is 10.8. The second kappa shape index (κ2) is 5.47. The van der Waals surface area contributed by atoms with E-state index in [-0.39, 0.29) is 23.0 Å². The van der Waals surface area contributed by atoms with Crippen LogP contribution in [0.3, 0.4) is 0 Å². The minimum absolute atomic E-state index is 0.0320. The Morgan fingerprint density at radius 1 is 1.05 bits per heavy atom. The van der Waals surface area contributed by atoms with Gasteiger partial charge in [0.1, 0.15) is 5.75 Å². The Morgan fingerprint density at radius 3 is 2.00 bits per heavy atom. The highest BCUT2D eigenvalue weighted by molar-refractivity contribution is 5.67. The van der Waals surface area contributed by atoms with Crippen molar-refractivity contribution in [3.63, 3.8) is 0 Å². The van der Waals surface area contributed by atoms with E-state index >= 15 is 0 Å². The number of phenols is 1. The molecule has 0 fully saturated rings. The van der Waals surface area contributed by atoms with Crippen molar-refractivity contribution in [2.75, 3.05) is 0 Å². The zero-order valence-corrected chi connectivity index (χ0v) is 13.4. The predicted octanol–water partition coefficient (Wildman–Crippen LogP) is 4.00. The first kappa shape index (κ1) is 16.5. The van der Waals surface area contributed by atoms with Gasteiger partial charge in [0.05, 0.1) is 0 Å². The van der Waals surface area contributed by atoms with Crippen LogP contribution in [0.1, 0.15) is 64.7 Å². The van der Waals surface area contributed by atoms with Crippen molar-refractivity contribution in [2.24, 2.45) is 0 Å². The summed E-state index contributed by atoms with van der Waals surface area (Å²) in [6.45, 7) is 12.7. The van der Waals surface area contributed by atoms with E-state index in [1.807, 2.05) is 6.07 Å². The zero-order chi connectivity index (χ0) is 15.7. The highest BCUT2D eigenvalue weighted by Gasteiger charge is 2.29. The highest BCUT2D eigenvalue weighted by atomic mass is 16.4. The van der Waals surface area contributed by atoms with Gasteiger partial charge < -0.3 is 10.2 Å². The molecule has 1 aromatic rings. The third kappa shape index (κ3) is 3.75. The lowest BCUT2D eigenvalue weighted by molar-refractivity contribution is -0.136. The van der Waals surface area contributed by atoms with Crippen LogP contribution in [0, 0.1) is 0 Å². The Balaban J connectivity index is 3.51. The number of rotatable bonds is 3. The summed E-state index contributed by atoms with van der Waals surface area (Å²) in [6.07, 6.45) is 0.391. The van der Waals surface area contributed by atoms with Gasteiger partial charge in [0.25, 0.3) is 0 Å². The Bertz CT molecular complexity index is 502. The van der Waals surface area contributed by atoms with Crippen LogP contribution in [0.5, 0.6) is 5.75 Å². The molecule has 0 spiro atoms. The van der Waals surface area contributed by atoms with Gasteiger partial charge in [-0.1, -0.05) is 47.6 Å². The standard InChI is InChI=1S/C17H26O3/c1-16(2,3)12-8-9-13(18)11(7-10-14(19)20)15(12)17(4,5)6/h8-9,18H,7,10H2,1-6H3,(H,19,20). The van der Waals surface area contributed by atoms with Crippen molar-refractivity contribution in [1.82, 2.24) is 0 Å². The summed E-state index contributed by atoms with van der Waals surface area (Å²) < 4.78 is 0. The molecule has 0 saturated heterocycles. The van der Waals surface area contributed by atoms with Crippen molar-refractivity contribution in [3.8, 4) is 5.75 Å². The second-order valence-electron chi connectivity index (χ2n) is 7.38. The summed E-state index contributed by atoms with van der Waals surface area (Å²) in [5, 5.41) is 19.1. The summed E-state index contributed by atoms with van der Waals surface area (Å²) >= 11 is 0. The summed E-state index contributed by atoms with van der Waals surface area (Å²) in [6, 6.07) is 3.65. The number of hydrogen-bond donors (Lipinski definition) is 2. The SMILES string of the molecule is CC(C)(C)c1ccc(O)c(CCC(=O)O)c1C(C)(C)C. The average Bonchev–Trinajstić information content (AvgIpc) is 2.23. The molecule has 0 saturated carbocycles. The maximum atomic E-state index is 10.8. The molecule has 0 aliphatic carbocycles. The molecule has 2 N–H and O–H groups in total. The first-order chi connectivity index (χ1) is 8.94. The molecule has 0 aliphatic heterocycles. The van der Waals surface area contributed by atoms with Gasteiger partial charge >= 0.3 is 5.97 Å². The summed E-state index contributed by atoms with van der Waals surface area (Å²) in [7, 11) is 0. The number of carbonyl (C=O) groups is 1. The Hall–Kier alpha value is -1.51. The van der Waals surface area contributed by atoms with Crippen LogP contribution in [-0.4, -0.2) is 16.2 Å². The molecule has 3 heteroatoms. The van der Waals surface area contributed by atoms with Crippen molar-refractivity contribution in [1.29, 1.82) is 0 Å². The van der Waals surface area contributed by atoms with Crippen LogP contribution in [0.15, 0.2) is 12.1 Å². The number of benzene rings is 1. The molecule has 20 heavy (non-hydrogen) atoms. The minimum Gasteiger partial charge on any atom is -0.508 e. The monoisotopic (exact) mass is 278 g/mol. The highest BCUT2D eigenvalue weighted by Crippen LogP contribution is 2.40. The molecule has 1 rings (SSSR count). The molecular weight excluding hydrogens is 252 g/mol. The average molecular weight is 278 g/mol. The Kier molecular flexibility index (Phi) is 4.52. The summed E-state index contributed by atoms with van der Waals surface area (Å²) in [4.78, 5) is 10.8. The number of aromatic hydroxyl groups is 1. The molecular formula is C17H26O3. The van der Waals surface area contributed by atoms with Gasteiger partial charge in [-0.3, -0.25) is 4.79 Å². The van der Waals surface area contributed by atoms with E-state index in [0.29, 0.717) is 6.42 Å². The van der Waals surface area contributed by atoms with E-state index < -0.39 is 5.97 Å². The molecule has 0 bridgehead atoms. The minimum atomic E-state index is -0.842. The fourth-order valence-electron chi connectivity index (χ4n) is 2.60. The largest absolute Gasteiger partial charge is 0.508 e. The van der Waals surface area contributed by atoms with Crippen LogP contribution in [0.2, 0.25) is 0 Å². The summed E-state index contributed by atoms with van der Waals surface area (Å²) in [5.41, 5.74) is 2.82. The number of aliphatic carboxylic acids is 1. The van der Waals surface area contributed by atoms with Crippen LogP contribution in [0.25, 0.3) is 0 Å². The predicted molar refractivity (Wildman–Crippen MR) is 81.5 cm³/mol. The van der Waals surface area contributed by atoms with E-state index in [4.69, 9.17) is 5.11 Å².